The Morgan fingerprint density at radius 1 is 1.17 bits per heavy atom. The van der Waals surface area contributed by atoms with Gasteiger partial charge in [-0.25, -0.2) is 0 Å². The van der Waals surface area contributed by atoms with E-state index in [9.17, 15) is 10.2 Å². The maximum Gasteiger partial charge on any atom is 0.0521 e. The molecule has 2 bridgehead atoms. The lowest BCUT2D eigenvalue weighted by atomic mass is 9.70. The molecule has 2 rings (SSSR count). The van der Waals surface area contributed by atoms with Crippen LogP contribution in [0.15, 0.2) is 12.2 Å². The first-order valence-electron chi connectivity index (χ1n) is 4.44. The second-order valence-electron chi connectivity index (χ2n) is 3.81. The summed E-state index contributed by atoms with van der Waals surface area (Å²) in [6.45, 7) is 1.95. The molecule has 1 aliphatic heterocycles. The molecule has 0 amide bonds. The minimum absolute atomic E-state index is 0.0908. The minimum atomic E-state index is -0.273. The summed E-state index contributed by atoms with van der Waals surface area (Å²) in [5.74, 6) is 0.623. The minimum Gasteiger partial charge on any atom is -0.396 e. The van der Waals surface area contributed by atoms with Gasteiger partial charge in [0.1, 0.15) is 0 Å². The molecule has 1 aliphatic carbocycles. The van der Waals surface area contributed by atoms with Crippen molar-refractivity contribution in [2.75, 3.05) is 26.3 Å². The Kier molecular flexibility index (Phi) is 1.94. The summed E-state index contributed by atoms with van der Waals surface area (Å²) in [6, 6.07) is 0. The van der Waals surface area contributed by atoms with Gasteiger partial charge in [-0.05, 0) is 11.8 Å². The Hall–Kier alpha value is -0.380. The van der Waals surface area contributed by atoms with E-state index in [1.165, 1.54) is 0 Å². The van der Waals surface area contributed by atoms with Gasteiger partial charge in [0.2, 0.25) is 0 Å². The standard InChI is InChI=1S/C9H15NO2/c11-5-9(6-12)7-1-2-8(9)4-10-3-7/h1-2,7-8,10-12H,3-6H2. The molecular weight excluding hydrogens is 154 g/mol. The van der Waals surface area contributed by atoms with E-state index in [4.69, 9.17) is 0 Å². The Balaban J connectivity index is 2.26. The Labute approximate surface area is 72.1 Å². The molecule has 0 saturated carbocycles. The summed E-state index contributed by atoms with van der Waals surface area (Å²) < 4.78 is 0. The molecule has 0 aromatic rings. The van der Waals surface area contributed by atoms with Gasteiger partial charge in [-0.2, -0.15) is 0 Å². The van der Waals surface area contributed by atoms with Crippen LogP contribution in [0.25, 0.3) is 0 Å². The first-order valence-corrected chi connectivity index (χ1v) is 4.44. The van der Waals surface area contributed by atoms with Gasteiger partial charge in [0.25, 0.3) is 0 Å². The number of hydrogen-bond donors (Lipinski definition) is 3. The Morgan fingerprint density at radius 3 is 2.00 bits per heavy atom. The van der Waals surface area contributed by atoms with Crippen LogP contribution in [0.2, 0.25) is 0 Å². The van der Waals surface area contributed by atoms with Crippen molar-refractivity contribution in [2.24, 2.45) is 17.3 Å². The highest BCUT2D eigenvalue weighted by Gasteiger charge is 2.48. The summed E-state index contributed by atoms with van der Waals surface area (Å²) in [5.41, 5.74) is -0.273. The summed E-state index contributed by atoms with van der Waals surface area (Å²) in [5, 5.41) is 21.9. The van der Waals surface area contributed by atoms with E-state index in [2.05, 4.69) is 17.5 Å². The molecule has 2 atom stereocenters. The van der Waals surface area contributed by atoms with Crippen LogP contribution in [0, 0.1) is 17.3 Å². The van der Waals surface area contributed by atoms with E-state index >= 15 is 0 Å². The fraction of sp³-hybridized carbons (Fsp3) is 0.778. The smallest absolute Gasteiger partial charge is 0.0521 e. The second-order valence-corrected chi connectivity index (χ2v) is 3.81. The zero-order chi connectivity index (χ0) is 8.60. The molecule has 12 heavy (non-hydrogen) atoms. The SMILES string of the molecule is OCC1(CO)C2C=CC1CNC2. The largest absolute Gasteiger partial charge is 0.396 e. The van der Waals surface area contributed by atoms with Crippen LogP contribution in [-0.4, -0.2) is 36.5 Å². The number of rotatable bonds is 2. The number of piperidine rings is 1. The number of hydrogen-bond acceptors (Lipinski definition) is 3. The molecule has 1 saturated heterocycles. The Bertz CT molecular complexity index is 183. The van der Waals surface area contributed by atoms with E-state index in [-0.39, 0.29) is 18.6 Å². The van der Waals surface area contributed by atoms with Crippen LogP contribution in [0.5, 0.6) is 0 Å². The molecular formula is C9H15NO2. The monoisotopic (exact) mass is 169 g/mol. The zero-order valence-corrected chi connectivity index (χ0v) is 7.03. The van der Waals surface area contributed by atoms with E-state index in [0.29, 0.717) is 11.8 Å². The van der Waals surface area contributed by atoms with Gasteiger partial charge in [0.05, 0.1) is 13.2 Å². The molecule has 1 fully saturated rings. The third-order valence-electron chi connectivity index (χ3n) is 3.37. The zero-order valence-electron chi connectivity index (χ0n) is 7.03. The van der Waals surface area contributed by atoms with E-state index in [1.54, 1.807) is 0 Å². The Morgan fingerprint density at radius 2 is 1.67 bits per heavy atom. The molecule has 0 radical (unpaired) electrons. The van der Waals surface area contributed by atoms with Gasteiger partial charge in [-0.15, -0.1) is 0 Å². The van der Waals surface area contributed by atoms with Gasteiger partial charge >= 0.3 is 0 Å². The van der Waals surface area contributed by atoms with Crippen LogP contribution in [0.3, 0.4) is 0 Å². The predicted octanol–water partition coefficient (Wildman–Crippen LogP) is -0.637. The second kappa shape index (κ2) is 2.83. The van der Waals surface area contributed by atoms with Crippen LogP contribution in [0.4, 0.5) is 0 Å². The van der Waals surface area contributed by atoms with Crippen LogP contribution < -0.4 is 5.32 Å². The lowest BCUT2D eigenvalue weighted by Gasteiger charge is -2.41. The maximum absolute atomic E-state index is 9.29. The lowest BCUT2D eigenvalue weighted by molar-refractivity contribution is -0.0181. The van der Waals surface area contributed by atoms with E-state index < -0.39 is 0 Å². The molecule has 2 unspecified atom stereocenters. The van der Waals surface area contributed by atoms with Crippen molar-refractivity contribution in [2.45, 2.75) is 0 Å². The van der Waals surface area contributed by atoms with Crippen molar-refractivity contribution >= 4 is 0 Å². The summed E-state index contributed by atoms with van der Waals surface area (Å²) in [6.07, 6.45) is 4.24. The third kappa shape index (κ3) is 0.873. The predicted molar refractivity (Wildman–Crippen MR) is 45.6 cm³/mol. The molecule has 3 nitrogen and oxygen atoms in total. The lowest BCUT2D eigenvalue weighted by Crippen LogP contribution is -2.51. The summed E-state index contributed by atoms with van der Waals surface area (Å²) in [7, 11) is 0. The van der Waals surface area contributed by atoms with E-state index in [0.717, 1.165) is 13.1 Å². The molecule has 0 spiro atoms. The van der Waals surface area contributed by atoms with Crippen molar-refractivity contribution in [1.82, 2.24) is 5.32 Å². The normalized spacial score (nSPS) is 37.2. The number of aliphatic hydroxyl groups is 2. The molecule has 0 aromatic carbocycles. The van der Waals surface area contributed by atoms with Gasteiger partial charge in [0, 0.05) is 18.5 Å². The van der Waals surface area contributed by atoms with Gasteiger partial charge in [-0.1, -0.05) is 12.2 Å². The molecule has 3 heteroatoms. The quantitative estimate of drug-likeness (QED) is 0.482. The van der Waals surface area contributed by atoms with Crippen molar-refractivity contribution in [1.29, 1.82) is 0 Å². The van der Waals surface area contributed by atoms with Crippen molar-refractivity contribution in [3.05, 3.63) is 12.2 Å². The first-order chi connectivity index (χ1) is 5.83. The fourth-order valence-corrected chi connectivity index (χ4v) is 2.38. The molecule has 1 heterocycles. The van der Waals surface area contributed by atoms with Gasteiger partial charge in [0.15, 0.2) is 0 Å². The van der Waals surface area contributed by atoms with Crippen LogP contribution >= 0.6 is 0 Å². The highest BCUT2D eigenvalue weighted by molar-refractivity contribution is 5.17. The summed E-state index contributed by atoms with van der Waals surface area (Å²) >= 11 is 0. The average Bonchev–Trinajstić information content (AvgIpc) is 2.33. The topological polar surface area (TPSA) is 52.5 Å². The highest BCUT2D eigenvalue weighted by Crippen LogP contribution is 2.44. The third-order valence-corrected chi connectivity index (χ3v) is 3.37. The maximum atomic E-state index is 9.29. The number of aliphatic hydroxyl groups excluding tert-OH is 2. The van der Waals surface area contributed by atoms with Crippen molar-refractivity contribution in [3.8, 4) is 0 Å². The van der Waals surface area contributed by atoms with Crippen molar-refractivity contribution < 1.29 is 10.2 Å². The van der Waals surface area contributed by atoms with Crippen molar-refractivity contribution in [3.63, 3.8) is 0 Å². The van der Waals surface area contributed by atoms with E-state index in [1.807, 2.05) is 0 Å². The molecule has 0 aromatic heterocycles. The summed E-state index contributed by atoms with van der Waals surface area (Å²) in [4.78, 5) is 0. The van der Waals surface area contributed by atoms with Crippen LogP contribution in [-0.2, 0) is 0 Å². The molecule has 68 valence electrons. The first kappa shape index (κ1) is 8.23. The van der Waals surface area contributed by atoms with Gasteiger partial charge < -0.3 is 15.5 Å². The molecule has 3 N–H and O–H groups in total. The highest BCUT2D eigenvalue weighted by atomic mass is 16.3. The van der Waals surface area contributed by atoms with Crippen LogP contribution in [0.1, 0.15) is 0 Å². The van der Waals surface area contributed by atoms with Gasteiger partial charge in [-0.3, -0.25) is 0 Å². The number of fused-ring (bicyclic) bond motifs is 2. The number of nitrogens with one attached hydrogen (secondary N) is 1. The average molecular weight is 169 g/mol. The molecule has 2 aliphatic rings. The fourth-order valence-electron chi connectivity index (χ4n) is 2.38.